The minimum Gasteiger partial charge on any atom is -0.492 e. The van der Waals surface area contributed by atoms with Crippen LogP contribution >= 0.6 is 0 Å². The highest BCUT2D eigenvalue weighted by atomic mass is 16.5. The van der Waals surface area contributed by atoms with Crippen LogP contribution in [0.15, 0.2) is 24.3 Å². The van der Waals surface area contributed by atoms with Crippen LogP contribution in [0, 0.1) is 0 Å². The van der Waals surface area contributed by atoms with Gasteiger partial charge in [0.05, 0.1) is 0 Å². The molecule has 3 N–H and O–H groups in total. The zero-order valence-electron chi connectivity index (χ0n) is 13.5. The van der Waals surface area contributed by atoms with E-state index in [-0.39, 0.29) is 11.4 Å². The Morgan fingerprint density at radius 2 is 2.10 bits per heavy atom. The predicted molar refractivity (Wildman–Crippen MR) is 86.6 cm³/mol. The van der Waals surface area contributed by atoms with Gasteiger partial charge >= 0.3 is 0 Å². The molecule has 0 saturated carbocycles. The second kappa shape index (κ2) is 8.00. The highest BCUT2D eigenvalue weighted by Gasteiger charge is 2.13. The summed E-state index contributed by atoms with van der Waals surface area (Å²) in [5.74, 6) is 0.729. The number of amides is 1. The molecule has 0 aliphatic heterocycles. The summed E-state index contributed by atoms with van der Waals surface area (Å²) in [6, 6.07) is 7.44. The van der Waals surface area contributed by atoms with Crippen LogP contribution < -0.4 is 15.8 Å². The summed E-state index contributed by atoms with van der Waals surface area (Å²) in [4.78, 5) is 13.9. The Morgan fingerprint density at radius 1 is 1.38 bits per heavy atom. The number of hydrogen-bond acceptors (Lipinski definition) is 4. The summed E-state index contributed by atoms with van der Waals surface area (Å²) in [7, 11) is 4.00. The van der Waals surface area contributed by atoms with Gasteiger partial charge in [0.25, 0.3) is 0 Å². The first-order valence-corrected chi connectivity index (χ1v) is 7.22. The van der Waals surface area contributed by atoms with Crippen molar-refractivity contribution < 1.29 is 9.53 Å². The van der Waals surface area contributed by atoms with E-state index >= 15 is 0 Å². The monoisotopic (exact) mass is 293 g/mol. The molecule has 1 aromatic carbocycles. The third kappa shape index (κ3) is 8.32. The predicted octanol–water partition coefficient (Wildman–Crippen LogP) is 2.08. The molecule has 118 valence electrons. The highest BCUT2D eigenvalue weighted by Crippen LogP contribution is 2.18. The third-order valence-corrected chi connectivity index (χ3v) is 2.92. The Morgan fingerprint density at radius 3 is 2.71 bits per heavy atom. The number of nitrogens with two attached hydrogens (primary N) is 1. The van der Waals surface area contributed by atoms with Crippen molar-refractivity contribution in [3.05, 3.63) is 24.3 Å². The van der Waals surface area contributed by atoms with Crippen LogP contribution in [0.5, 0.6) is 5.75 Å². The largest absolute Gasteiger partial charge is 0.492 e. The summed E-state index contributed by atoms with van der Waals surface area (Å²) in [6.07, 6.45) is 1.06. The minimum absolute atomic E-state index is 0.0287. The number of hydrogen-bond donors (Lipinski definition) is 2. The van der Waals surface area contributed by atoms with Crippen molar-refractivity contribution in [3.63, 3.8) is 0 Å². The van der Waals surface area contributed by atoms with Crippen LogP contribution in [0.1, 0.15) is 26.7 Å². The van der Waals surface area contributed by atoms with Gasteiger partial charge in [-0.15, -0.1) is 0 Å². The van der Waals surface area contributed by atoms with Gasteiger partial charge in [-0.3, -0.25) is 4.79 Å². The maximum atomic E-state index is 11.9. The third-order valence-electron chi connectivity index (χ3n) is 2.92. The van der Waals surface area contributed by atoms with Crippen LogP contribution in [0.4, 0.5) is 5.69 Å². The maximum Gasteiger partial charge on any atom is 0.224 e. The Hall–Kier alpha value is -1.59. The average molecular weight is 293 g/mol. The van der Waals surface area contributed by atoms with E-state index in [9.17, 15) is 4.79 Å². The van der Waals surface area contributed by atoms with Gasteiger partial charge in [0.1, 0.15) is 12.4 Å². The van der Waals surface area contributed by atoms with Gasteiger partial charge in [-0.1, -0.05) is 6.07 Å². The Bertz CT molecular complexity index is 453. The normalized spacial score (nSPS) is 11.5. The van der Waals surface area contributed by atoms with E-state index in [2.05, 4.69) is 10.2 Å². The lowest BCUT2D eigenvalue weighted by Gasteiger charge is -2.17. The molecule has 0 saturated heterocycles. The molecule has 0 bridgehead atoms. The van der Waals surface area contributed by atoms with E-state index in [4.69, 9.17) is 10.5 Å². The van der Waals surface area contributed by atoms with E-state index in [1.165, 1.54) is 0 Å². The second-order valence-corrected chi connectivity index (χ2v) is 6.22. The second-order valence-electron chi connectivity index (χ2n) is 6.22. The van der Waals surface area contributed by atoms with Crippen molar-refractivity contribution in [1.82, 2.24) is 4.90 Å². The first kappa shape index (κ1) is 17.5. The van der Waals surface area contributed by atoms with Crippen LogP contribution in [-0.2, 0) is 4.79 Å². The molecule has 0 radical (unpaired) electrons. The molecule has 1 rings (SSSR count). The highest BCUT2D eigenvalue weighted by molar-refractivity contribution is 5.90. The van der Waals surface area contributed by atoms with Crippen molar-refractivity contribution in [3.8, 4) is 5.75 Å². The fraction of sp³-hybridized carbons (Fsp3) is 0.562. The molecule has 21 heavy (non-hydrogen) atoms. The molecular formula is C16H27N3O2. The molecule has 1 amide bonds. The SMILES string of the molecule is CN(C)CCOc1cccc(NC(=O)CCC(C)(C)N)c1. The number of carbonyl (C=O) groups excluding carboxylic acids is 1. The van der Waals surface area contributed by atoms with Gasteiger partial charge in [-0.25, -0.2) is 0 Å². The quantitative estimate of drug-likeness (QED) is 0.770. The lowest BCUT2D eigenvalue weighted by Crippen LogP contribution is -2.33. The molecule has 5 nitrogen and oxygen atoms in total. The minimum atomic E-state index is -0.325. The molecule has 0 unspecified atom stereocenters. The van der Waals surface area contributed by atoms with Crippen molar-refractivity contribution in [2.75, 3.05) is 32.6 Å². The number of carbonyl (C=O) groups is 1. The molecule has 0 spiro atoms. The van der Waals surface area contributed by atoms with Crippen molar-refractivity contribution in [1.29, 1.82) is 0 Å². The van der Waals surface area contributed by atoms with Gasteiger partial charge in [-0.2, -0.15) is 0 Å². The molecular weight excluding hydrogens is 266 g/mol. The van der Waals surface area contributed by atoms with Crippen molar-refractivity contribution in [2.45, 2.75) is 32.2 Å². The van der Waals surface area contributed by atoms with E-state index in [1.807, 2.05) is 52.2 Å². The zero-order chi connectivity index (χ0) is 15.9. The topological polar surface area (TPSA) is 67.6 Å². The molecule has 0 fully saturated rings. The Kier molecular flexibility index (Phi) is 6.65. The molecule has 1 aromatic rings. The lowest BCUT2D eigenvalue weighted by atomic mass is 10.00. The summed E-state index contributed by atoms with van der Waals surface area (Å²) in [5, 5.41) is 2.87. The standard InChI is InChI=1S/C16H27N3O2/c1-16(2,17)9-8-15(20)18-13-6-5-7-14(12-13)21-11-10-19(3)4/h5-7,12H,8-11,17H2,1-4H3,(H,18,20). The zero-order valence-corrected chi connectivity index (χ0v) is 13.5. The molecule has 0 atom stereocenters. The average Bonchev–Trinajstić information content (AvgIpc) is 2.36. The maximum absolute atomic E-state index is 11.9. The van der Waals surface area contributed by atoms with Crippen LogP contribution in [0.2, 0.25) is 0 Å². The van der Waals surface area contributed by atoms with E-state index in [0.717, 1.165) is 18.0 Å². The first-order valence-electron chi connectivity index (χ1n) is 7.22. The number of benzene rings is 1. The number of ether oxygens (including phenoxy) is 1. The van der Waals surface area contributed by atoms with E-state index in [1.54, 1.807) is 0 Å². The van der Waals surface area contributed by atoms with E-state index < -0.39 is 0 Å². The van der Waals surface area contributed by atoms with Crippen LogP contribution in [0.25, 0.3) is 0 Å². The number of nitrogens with zero attached hydrogens (tertiary/aromatic N) is 1. The fourth-order valence-electron chi connectivity index (χ4n) is 1.67. The molecule has 0 aliphatic carbocycles. The van der Waals surface area contributed by atoms with Gasteiger partial charge in [0.2, 0.25) is 5.91 Å². The number of nitrogens with one attached hydrogen (secondary N) is 1. The lowest BCUT2D eigenvalue weighted by molar-refractivity contribution is -0.116. The summed E-state index contributed by atoms with van der Waals surface area (Å²) >= 11 is 0. The van der Waals surface area contributed by atoms with Crippen LogP contribution in [0.3, 0.4) is 0 Å². The fourth-order valence-corrected chi connectivity index (χ4v) is 1.67. The smallest absolute Gasteiger partial charge is 0.224 e. The number of rotatable bonds is 8. The van der Waals surface area contributed by atoms with Crippen molar-refractivity contribution >= 4 is 11.6 Å². The van der Waals surface area contributed by atoms with Gasteiger partial charge < -0.3 is 20.7 Å². The number of anilines is 1. The Balaban J connectivity index is 2.46. The molecule has 0 aliphatic rings. The van der Waals surface area contributed by atoms with Gasteiger partial charge in [-0.05, 0) is 46.5 Å². The molecule has 0 heterocycles. The molecule has 5 heteroatoms. The summed E-state index contributed by atoms with van der Waals surface area (Å²) < 4.78 is 5.64. The first-order chi connectivity index (χ1) is 9.76. The Labute approximate surface area is 127 Å². The van der Waals surface area contributed by atoms with Crippen LogP contribution in [-0.4, -0.2) is 43.6 Å². The molecule has 0 aromatic heterocycles. The van der Waals surface area contributed by atoms with Gasteiger partial charge in [0.15, 0.2) is 0 Å². The van der Waals surface area contributed by atoms with E-state index in [0.29, 0.717) is 19.4 Å². The number of likely N-dealkylation sites (N-methyl/N-ethyl adjacent to an activating group) is 1. The van der Waals surface area contributed by atoms with Crippen molar-refractivity contribution in [2.24, 2.45) is 5.73 Å². The van der Waals surface area contributed by atoms with Gasteiger partial charge in [0, 0.05) is 30.3 Å². The summed E-state index contributed by atoms with van der Waals surface area (Å²) in [5.41, 5.74) is 6.30. The summed E-state index contributed by atoms with van der Waals surface area (Å²) in [6.45, 7) is 5.30.